The first-order chi connectivity index (χ1) is 8.15. The van der Waals surface area contributed by atoms with Crippen LogP contribution in [0.25, 0.3) is 0 Å². The molecule has 0 fully saturated rings. The number of hydrogen-bond acceptors (Lipinski definition) is 2. The average molecular weight is 234 g/mol. The fraction of sp³-hybridized carbons (Fsp3) is 0.286. The van der Waals surface area contributed by atoms with Crippen LogP contribution >= 0.6 is 0 Å². The highest BCUT2D eigenvalue weighted by Gasteiger charge is 2.30. The lowest BCUT2D eigenvalue weighted by Gasteiger charge is -2.27. The molecule has 3 heteroatoms. The maximum atomic E-state index is 13.8. The quantitative estimate of drug-likeness (QED) is 0.882. The van der Waals surface area contributed by atoms with E-state index in [4.69, 9.17) is 4.42 Å². The van der Waals surface area contributed by atoms with Crippen molar-refractivity contribution in [3.05, 3.63) is 59.8 Å². The zero-order chi connectivity index (χ0) is 12.3. The largest absolute Gasteiger partial charge is 0.469 e. The Hall–Kier alpha value is -1.61. The van der Waals surface area contributed by atoms with Crippen molar-refractivity contribution in [1.82, 2.24) is 0 Å². The van der Waals surface area contributed by atoms with Gasteiger partial charge in [-0.15, -0.1) is 0 Å². The minimum absolute atomic E-state index is 0.130. The molecule has 1 N–H and O–H groups in total. The van der Waals surface area contributed by atoms with Crippen LogP contribution < -0.4 is 0 Å². The molecule has 0 spiro atoms. The van der Waals surface area contributed by atoms with Crippen molar-refractivity contribution in [1.29, 1.82) is 0 Å². The molecule has 0 radical (unpaired) electrons. The Balaban J connectivity index is 2.34. The van der Waals surface area contributed by atoms with Gasteiger partial charge in [-0.05, 0) is 23.8 Å². The number of hydrogen-bond donors (Lipinski definition) is 1. The van der Waals surface area contributed by atoms with E-state index >= 15 is 0 Å². The molecule has 2 nitrogen and oxygen atoms in total. The molecule has 1 heterocycles. The topological polar surface area (TPSA) is 33.4 Å². The number of halogens is 1. The third-order valence-electron chi connectivity index (χ3n) is 3.02. The molecule has 2 rings (SSSR count). The first-order valence-corrected chi connectivity index (χ1v) is 5.54. The van der Waals surface area contributed by atoms with Crippen LogP contribution in [0.1, 0.15) is 18.2 Å². The van der Waals surface area contributed by atoms with Crippen molar-refractivity contribution < 1.29 is 13.9 Å². The van der Waals surface area contributed by atoms with E-state index in [9.17, 15) is 9.50 Å². The minimum atomic E-state index is -0.663. The van der Waals surface area contributed by atoms with Gasteiger partial charge in [-0.3, -0.25) is 0 Å². The van der Waals surface area contributed by atoms with Crippen molar-refractivity contribution >= 4 is 0 Å². The molecule has 1 unspecified atom stereocenters. The van der Waals surface area contributed by atoms with Crippen molar-refractivity contribution in [2.45, 2.75) is 18.8 Å². The zero-order valence-electron chi connectivity index (χ0n) is 9.69. The molecule has 1 atom stereocenters. The van der Waals surface area contributed by atoms with Gasteiger partial charge in [0.1, 0.15) is 11.6 Å². The van der Waals surface area contributed by atoms with E-state index in [0.717, 1.165) is 5.76 Å². The van der Waals surface area contributed by atoms with E-state index in [0.29, 0.717) is 12.0 Å². The lowest BCUT2D eigenvalue weighted by Crippen LogP contribution is -2.30. The van der Waals surface area contributed by atoms with E-state index in [1.807, 2.05) is 13.0 Å². The summed E-state index contributed by atoms with van der Waals surface area (Å²) in [6.07, 6.45) is 2.05. The molecule has 2 aromatic rings. The normalized spacial score (nSPS) is 14.5. The SMILES string of the molecule is CC(CO)(Cc1ccco1)c1ccccc1F. The molecule has 0 saturated heterocycles. The fourth-order valence-electron chi connectivity index (χ4n) is 1.98. The summed E-state index contributed by atoms with van der Waals surface area (Å²) in [5.74, 6) is 0.445. The predicted molar refractivity (Wildman–Crippen MR) is 63.2 cm³/mol. The monoisotopic (exact) mass is 234 g/mol. The van der Waals surface area contributed by atoms with Gasteiger partial charge in [0.25, 0.3) is 0 Å². The first kappa shape index (κ1) is 11.9. The van der Waals surface area contributed by atoms with Gasteiger partial charge in [-0.2, -0.15) is 0 Å². The van der Waals surface area contributed by atoms with E-state index in [-0.39, 0.29) is 12.4 Å². The predicted octanol–water partition coefficient (Wildman–Crippen LogP) is 2.91. The highest BCUT2D eigenvalue weighted by atomic mass is 19.1. The smallest absolute Gasteiger partial charge is 0.127 e. The van der Waals surface area contributed by atoms with Gasteiger partial charge < -0.3 is 9.52 Å². The molecule has 0 amide bonds. The summed E-state index contributed by atoms with van der Waals surface area (Å²) in [5, 5.41) is 9.55. The van der Waals surface area contributed by atoms with E-state index < -0.39 is 5.41 Å². The standard InChI is InChI=1S/C14H15FO2/c1-14(10-16,9-11-5-4-8-17-11)12-6-2-3-7-13(12)15/h2-8,16H,9-10H2,1H3. The van der Waals surface area contributed by atoms with Crippen LogP contribution in [-0.2, 0) is 11.8 Å². The second-order valence-corrected chi connectivity index (χ2v) is 4.45. The van der Waals surface area contributed by atoms with Crippen molar-refractivity contribution in [3.8, 4) is 0 Å². The molecule has 1 aromatic carbocycles. The highest BCUT2D eigenvalue weighted by Crippen LogP contribution is 2.29. The summed E-state index contributed by atoms with van der Waals surface area (Å²) in [6.45, 7) is 1.70. The minimum Gasteiger partial charge on any atom is -0.469 e. The Morgan fingerprint density at radius 2 is 2.00 bits per heavy atom. The Morgan fingerprint density at radius 3 is 2.59 bits per heavy atom. The zero-order valence-corrected chi connectivity index (χ0v) is 9.69. The van der Waals surface area contributed by atoms with E-state index in [2.05, 4.69) is 0 Å². The Bertz CT molecular complexity index is 479. The third-order valence-corrected chi connectivity index (χ3v) is 3.02. The molecule has 0 aliphatic heterocycles. The molecule has 90 valence electrons. The maximum absolute atomic E-state index is 13.8. The van der Waals surface area contributed by atoms with Gasteiger partial charge >= 0.3 is 0 Å². The molecule has 0 aliphatic rings. The third kappa shape index (κ3) is 2.39. The molecular formula is C14H15FO2. The van der Waals surface area contributed by atoms with Crippen LogP contribution in [0.4, 0.5) is 4.39 Å². The number of aliphatic hydroxyl groups excluding tert-OH is 1. The second kappa shape index (κ2) is 4.72. The first-order valence-electron chi connectivity index (χ1n) is 5.54. The van der Waals surface area contributed by atoms with Crippen LogP contribution in [0.2, 0.25) is 0 Å². The number of rotatable bonds is 4. The second-order valence-electron chi connectivity index (χ2n) is 4.45. The highest BCUT2D eigenvalue weighted by molar-refractivity contribution is 5.28. The summed E-state index contributed by atoms with van der Waals surface area (Å²) in [7, 11) is 0. The summed E-state index contributed by atoms with van der Waals surface area (Å²) < 4.78 is 19.0. The molecular weight excluding hydrogens is 219 g/mol. The lowest BCUT2D eigenvalue weighted by atomic mass is 9.79. The fourth-order valence-corrected chi connectivity index (χ4v) is 1.98. The number of benzene rings is 1. The molecule has 0 aliphatic carbocycles. The summed E-state index contributed by atoms with van der Waals surface area (Å²) in [4.78, 5) is 0. The maximum Gasteiger partial charge on any atom is 0.127 e. The summed E-state index contributed by atoms with van der Waals surface area (Å²) >= 11 is 0. The van der Waals surface area contributed by atoms with Crippen molar-refractivity contribution in [3.63, 3.8) is 0 Å². The van der Waals surface area contributed by atoms with Crippen LogP contribution in [0, 0.1) is 5.82 Å². The molecule has 0 saturated carbocycles. The van der Waals surface area contributed by atoms with Gasteiger partial charge in [0.15, 0.2) is 0 Å². The van der Waals surface area contributed by atoms with Crippen molar-refractivity contribution in [2.24, 2.45) is 0 Å². The van der Waals surface area contributed by atoms with Gasteiger partial charge in [0.2, 0.25) is 0 Å². The Labute approximate surface area is 99.7 Å². The van der Waals surface area contributed by atoms with Gasteiger partial charge in [-0.1, -0.05) is 25.1 Å². The van der Waals surface area contributed by atoms with Crippen molar-refractivity contribution in [2.75, 3.05) is 6.61 Å². The van der Waals surface area contributed by atoms with Crippen LogP contribution in [-0.4, -0.2) is 11.7 Å². The Kier molecular flexibility index (Phi) is 3.29. The van der Waals surface area contributed by atoms with Gasteiger partial charge in [0, 0.05) is 11.8 Å². The molecule has 1 aromatic heterocycles. The Morgan fingerprint density at radius 1 is 1.24 bits per heavy atom. The van der Waals surface area contributed by atoms with Gasteiger partial charge in [-0.25, -0.2) is 4.39 Å². The van der Waals surface area contributed by atoms with Crippen LogP contribution in [0.5, 0.6) is 0 Å². The van der Waals surface area contributed by atoms with Gasteiger partial charge in [0.05, 0.1) is 12.9 Å². The number of furan rings is 1. The summed E-state index contributed by atoms with van der Waals surface area (Å²) in [6, 6.07) is 10.1. The number of aliphatic hydroxyl groups is 1. The van der Waals surface area contributed by atoms with Crippen LogP contribution in [0.3, 0.4) is 0 Å². The van der Waals surface area contributed by atoms with E-state index in [1.54, 1.807) is 30.5 Å². The van der Waals surface area contributed by atoms with E-state index in [1.165, 1.54) is 6.07 Å². The molecule has 0 bridgehead atoms. The lowest BCUT2D eigenvalue weighted by molar-refractivity contribution is 0.195. The summed E-state index contributed by atoms with van der Waals surface area (Å²) in [5.41, 5.74) is -0.151. The van der Waals surface area contributed by atoms with Crippen LogP contribution in [0.15, 0.2) is 47.1 Å². The average Bonchev–Trinajstić information content (AvgIpc) is 2.82. The molecule has 17 heavy (non-hydrogen) atoms.